The molecule has 1 heterocycles. The molecule has 0 unspecified atom stereocenters. The summed E-state index contributed by atoms with van der Waals surface area (Å²) in [5.74, 6) is 0.771. The SMILES string of the molecule is Cc1ccc(-c2oncc2CN)cc1. The van der Waals surface area contributed by atoms with E-state index in [1.165, 1.54) is 5.56 Å². The standard InChI is InChI=1S/C11H12N2O/c1-8-2-4-9(5-3-8)11-10(6-12)7-13-14-11/h2-5,7H,6,12H2,1H3. The highest BCUT2D eigenvalue weighted by Crippen LogP contribution is 2.23. The summed E-state index contributed by atoms with van der Waals surface area (Å²) in [5.41, 5.74) is 8.75. The zero-order chi connectivity index (χ0) is 9.97. The summed E-state index contributed by atoms with van der Waals surface area (Å²) >= 11 is 0. The van der Waals surface area contributed by atoms with Crippen molar-refractivity contribution in [1.29, 1.82) is 0 Å². The Morgan fingerprint density at radius 1 is 1.29 bits per heavy atom. The molecule has 14 heavy (non-hydrogen) atoms. The molecule has 0 aliphatic heterocycles. The van der Waals surface area contributed by atoms with E-state index in [1.807, 2.05) is 31.2 Å². The predicted molar refractivity (Wildman–Crippen MR) is 54.6 cm³/mol. The second-order valence-corrected chi connectivity index (χ2v) is 3.25. The van der Waals surface area contributed by atoms with E-state index in [4.69, 9.17) is 10.3 Å². The number of benzene rings is 1. The molecular weight excluding hydrogens is 176 g/mol. The van der Waals surface area contributed by atoms with E-state index < -0.39 is 0 Å². The highest BCUT2D eigenvalue weighted by atomic mass is 16.5. The third-order valence-corrected chi connectivity index (χ3v) is 2.18. The van der Waals surface area contributed by atoms with E-state index in [1.54, 1.807) is 6.20 Å². The molecule has 0 spiro atoms. The zero-order valence-electron chi connectivity index (χ0n) is 8.03. The molecule has 0 saturated heterocycles. The molecule has 72 valence electrons. The Morgan fingerprint density at radius 2 is 2.00 bits per heavy atom. The maximum absolute atomic E-state index is 5.56. The van der Waals surface area contributed by atoms with Gasteiger partial charge in [-0.05, 0) is 6.92 Å². The number of aryl methyl sites for hydroxylation is 1. The van der Waals surface area contributed by atoms with Gasteiger partial charge in [0.25, 0.3) is 0 Å². The van der Waals surface area contributed by atoms with Crippen molar-refractivity contribution in [2.24, 2.45) is 5.73 Å². The third-order valence-electron chi connectivity index (χ3n) is 2.18. The van der Waals surface area contributed by atoms with E-state index in [2.05, 4.69) is 5.16 Å². The first-order valence-corrected chi connectivity index (χ1v) is 4.52. The number of nitrogens with two attached hydrogens (primary N) is 1. The van der Waals surface area contributed by atoms with Crippen molar-refractivity contribution >= 4 is 0 Å². The zero-order valence-corrected chi connectivity index (χ0v) is 8.03. The van der Waals surface area contributed by atoms with Crippen LogP contribution in [0.1, 0.15) is 11.1 Å². The van der Waals surface area contributed by atoms with E-state index in [0.717, 1.165) is 16.9 Å². The van der Waals surface area contributed by atoms with Gasteiger partial charge in [-0.25, -0.2) is 0 Å². The molecule has 2 rings (SSSR count). The lowest BCUT2D eigenvalue weighted by Gasteiger charge is -1.98. The Bertz CT molecular complexity index is 417. The fourth-order valence-electron chi connectivity index (χ4n) is 1.35. The molecule has 1 aromatic carbocycles. The summed E-state index contributed by atoms with van der Waals surface area (Å²) in [4.78, 5) is 0. The summed E-state index contributed by atoms with van der Waals surface area (Å²) in [6, 6.07) is 8.10. The molecule has 3 heteroatoms. The maximum Gasteiger partial charge on any atom is 0.171 e. The van der Waals surface area contributed by atoms with Crippen molar-refractivity contribution in [3.8, 4) is 11.3 Å². The van der Waals surface area contributed by atoms with Gasteiger partial charge in [-0.15, -0.1) is 0 Å². The van der Waals surface area contributed by atoms with Crippen LogP contribution in [0.5, 0.6) is 0 Å². The number of nitrogens with zero attached hydrogens (tertiary/aromatic N) is 1. The van der Waals surface area contributed by atoms with E-state index in [0.29, 0.717) is 6.54 Å². The fraction of sp³-hybridized carbons (Fsp3) is 0.182. The number of aromatic nitrogens is 1. The average Bonchev–Trinajstić information content (AvgIpc) is 2.67. The molecule has 0 saturated carbocycles. The lowest BCUT2D eigenvalue weighted by Crippen LogP contribution is -1.95. The Balaban J connectivity index is 2.44. The van der Waals surface area contributed by atoms with Gasteiger partial charge in [0, 0.05) is 17.7 Å². The number of hydrogen-bond donors (Lipinski definition) is 1. The van der Waals surface area contributed by atoms with Gasteiger partial charge in [0.2, 0.25) is 0 Å². The molecule has 1 aromatic heterocycles. The third kappa shape index (κ3) is 1.54. The van der Waals surface area contributed by atoms with E-state index in [-0.39, 0.29) is 0 Å². The molecule has 0 aliphatic carbocycles. The van der Waals surface area contributed by atoms with Crippen LogP contribution in [0.25, 0.3) is 11.3 Å². The van der Waals surface area contributed by atoms with Gasteiger partial charge in [0.15, 0.2) is 5.76 Å². The fourth-order valence-corrected chi connectivity index (χ4v) is 1.35. The number of rotatable bonds is 2. The van der Waals surface area contributed by atoms with Crippen LogP contribution in [0.15, 0.2) is 35.0 Å². The second kappa shape index (κ2) is 3.64. The van der Waals surface area contributed by atoms with Crippen LogP contribution in [-0.4, -0.2) is 5.16 Å². The largest absolute Gasteiger partial charge is 0.356 e. The quantitative estimate of drug-likeness (QED) is 0.785. The molecule has 0 amide bonds. The van der Waals surface area contributed by atoms with Crippen LogP contribution in [0, 0.1) is 6.92 Å². The first-order chi connectivity index (χ1) is 6.81. The number of hydrogen-bond acceptors (Lipinski definition) is 3. The van der Waals surface area contributed by atoms with Gasteiger partial charge in [-0.2, -0.15) is 0 Å². The van der Waals surface area contributed by atoms with E-state index in [9.17, 15) is 0 Å². The van der Waals surface area contributed by atoms with Gasteiger partial charge < -0.3 is 10.3 Å². The highest BCUT2D eigenvalue weighted by molar-refractivity contribution is 5.60. The summed E-state index contributed by atoms with van der Waals surface area (Å²) in [7, 11) is 0. The van der Waals surface area contributed by atoms with Gasteiger partial charge in [0.1, 0.15) is 0 Å². The highest BCUT2D eigenvalue weighted by Gasteiger charge is 2.08. The predicted octanol–water partition coefficient (Wildman–Crippen LogP) is 2.11. The van der Waals surface area contributed by atoms with Crippen LogP contribution in [0.3, 0.4) is 0 Å². The normalized spacial score (nSPS) is 10.4. The Labute approximate surface area is 82.5 Å². The van der Waals surface area contributed by atoms with Gasteiger partial charge in [-0.3, -0.25) is 0 Å². The van der Waals surface area contributed by atoms with Crippen LogP contribution in [0.2, 0.25) is 0 Å². The molecule has 0 bridgehead atoms. The molecule has 2 N–H and O–H groups in total. The topological polar surface area (TPSA) is 52.0 Å². The Morgan fingerprint density at radius 3 is 2.64 bits per heavy atom. The summed E-state index contributed by atoms with van der Waals surface area (Å²) in [6.45, 7) is 2.50. The first-order valence-electron chi connectivity index (χ1n) is 4.52. The molecule has 0 atom stereocenters. The summed E-state index contributed by atoms with van der Waals surface area (Å²) < 4.78 is 5.15. The van der Waals surface area contributed by atoms with Gasteiger partial charge >= 0.3 is 0 Å². The van der Waals surface area contributed by atoms with E-state index >= 15 is 0 Å². The monoisotopic (exact) mass is 188 g/mol. The Hall–Kier alpha value is -1.61. The lowest BCUT2D eigenvalue weighted by molar-refractivity contribution is 0.431. The molecule has 0 fully saturated rings. The van der Waals surface area contributed by atoms with Gasteiger partial charge in [0.05, 0.1) is 6.20 Å². The molecular formula is C11H12N2O. The Kier molecular flexibility index (Phi) is 2.33. The van der Waals surface area contributed by atoms with Crippen molar-refractivity contribution in [3.63, 3.8) is 0 Å². The van der Waals surface area contributed by atoms with Crippen LogP contribution in [0.4, 0.5) is 0 Å². The minimum absolute atomic E-state index is 0.451. The molecule has 3 nitrogen and oxygen atoms in total. The van der Waals surface area contributed by atoms with Crippen molar-refractivity contribution in [2.75, 3.05) is 0 Å². The molecule has 0 radical (unpaired) electrons. The first kappa shape index (κ1) is 8.97. The van der Waals surface area contributed by atoms with Crippen LogP contribution >= 0.6 is 0 Å². The van der Waals surface area contributed by atoms with Crippen molar-refractivity contribution in [1.82, 2.24) is 5.16 Å². The summed E-state index contributed by atoms with van der Waals surface area (Å²) in [5, 5.41) is 3.74. The average molecular weight is 188 g/mol. The molecule has 2 aromatic rings. The second-order valence-electron chi connectivity index (χ2n) is 3.25. The maximum atomic E-state index is 5.56. The van der Waals surface area contributed by atoms with Gasteiger partial charge in [-0.1, -0.05) is 35.0 Å². The smallest absolute Gasteiger partial charge is 0.171 e. The molecule has 0 aliphatic rings. The van der Waals surface area contributed by atoms with Crippen LogP contribution < -0.4 is 5.73 Å². The van der Waals surface area contributed by atoms with Crippen molar-refractivity contribution < 1.29 is 4.52 Å². The lowest BCUT2D eigenvalue weighted by atomic mass is 10.1. The van der Waals surface area contributed by atoms with Crippen LogP contribution in [-0.2, 0) is 6.54 Å². The minimum Gasteiger partial charge on any atom is -0.356 e. The minimum atomic E-state index is 0.451. The summed E-state index contributed by atoms with van der Waals surface area (Å²) in [6.07, 6.45) is 1.66. The van der Waals surface area contributed by atoms with Crippen molar-refractivity contribution in [2.45, 2.75) is 13.5 Å². The van der Waals surface area contributed by atoms with Crippen molar-refractivity contribution in [3.05, 3.63) is 41.6 Å².